The molecule has 1 amide bonds. The van der Waals surface area contributed by atoms with Gasteiger partial charge in [0.1, 0.15) is 0 Å². The number of rotatable bonds is 3. The molecule has 1 saturated carbocycles. The normalized spacial score (nSPS) is 27.9. The lowest BCUT2D eigenvalue weighted by molar-refractivity contribution is -0.128. The highest BCUT2D eigenvalue weighted by Gasteiger charge is 2.38. The lowest BCUT2D eigenvalue weighted by Crippen LogP contribution is -2.56. The van der Waals surface area contributed by atoms with Crippen LogP contribution in [-0.2, 0) is 4.79 Å². The molecular weight excluding hydrogens is 272 g/mol. The summed E-state index contributed by atoms with van der Waals surface area (Å²) < 4.78 is 0. The van der Waals surface area contributed by atoms with Crippen molar-refractivity contribution in [1.82, 2.24) is 5.32 Å². The smallest absolute Gasteiger partial charge is 0.240 e. The minimum Gasteiger partial charge on any atom is -0.348 e. The first-order valence-corrected chi connectivity index (χ1v) is 7.64. The van der Waals surface area contributed by atoms with Crippen molar-refractivity contribution in [2.45, 2.75) is 51.1 Å². The number of hydrogen-bond acceptors (Lipinski definition) is 2. The van der Waals surface area contributed by atoms with Crippen molar-refractivity contribution >= 4 is 17.5 Å². The van der Waals surface area contributed by atoms with Gasteiger partial charge in [-0.1, -0.05) is 49.6 Å². The van der Waals surface area contributed by atoms with Gasteiger partial charge < -0.3 is 11.1 Å². The van der Waals surface area contributed by atoms with E-state index in [2.05, 4.69) is 12.2 Å². The van der Waals surface area contributed by atoms with Crippen LogP contribution in [0.5, 0.6) is 0 Å². The van der Waals surface area contributed by atoms with Gasteiger partial charge in [-0.05, 0) is 37.3 Å². The van der Waals surface area contributed by atoms with Gasteiger partial charge in [0.2, 0.25) is 5.91 Å². The third kappa shape index (κ3) is 3.33. The van der Waals surface area contributed by atoms with Gasteiger partial charge in [0, 0.05) is 5.02 Å². The molecule has 1 aliphatic carbocycles. The number of hydrogen-bond donors (Lipinski definition) is 2. The molecule has 2 rings (SSSR count). The first kappa shape index (κ1) is 15.3. The molecule has 3 atom stereocenters. The van der Waals surface area contributed by atoms with Crippen LogP contribution in [0.15, 0.2) is 24.3 Å². The van der Waals surface area contributed by atoms with E-state index in [1.165, 1.54) is 0 Å². The van der Waals surface area contributed by atoms with Crippen LogP contribution in [0, 0.1) is 5.92 Å². The van der Waals surface area contributed by atoms with Crippen molar-refractivity contribution in [2.24, 2.45) is 11.7 Å². The maximum Gasteiger partial charge on any atom is 0.240 e. The van der Waals surface area contributed by atoms with Gasteiger partial charge in [0.25, 0.3) is 0 Å². The summed E-state index contributed by atoms with van der Waals surface area (Å²) in [5.74, 6) is 0.451. The molecule has 1 aromatic rings. The molecule has 0 aliphatic heterocycles. The topological polar surface area (TPSA) is 55.1 Å². The van der Waals surface area contributed by atoms with E-state index in [4.69, 9.17) is 17.3 Å². The third-order valence-electron chi connectivity index (χ3n) is 4.20. The number of halogens is 1. The first-order valence-electron chi connectivity index (χ1n) is 7.26. The quantitative estimate of drug-likeness (QED) is 0.897. The summed E-state index contributed by atoms with van der Waals surface area (Å²) in [4.78, 5) is 12.5. The van der Waals surface area contributed by atoms with Crippen molar-refractivity contribution < 1.29 is 4.79 Å². The Balaban J connectivity index is 2.06. The van der Waals surface area contributed by atoms with Crippen LogP contribution in [0.2, 0.25) is 5.02 Å². The van der Waals surface area contributed by atoms with Gasteiger partial charge in [-0.2, -0.15) is 0 Å². The van der Waals surface area contributed by atoms with Crippen molar-refractivity contribution in [2.75, 3.05) is 0 Å². The number of nitrogens with one attached hydrogen (secondary N) is 1. The summed E-state index contributed by atoms with van der Waals surface area (Å²) in [6.45, 7) is 4.10. The molecule has 4 heteroatoms. The molecular formula is C16H23ClN2O. The second-order valence-electron chi connectivity index (χ2n) is 6.07. The van der Waals surface area contributed by atoms with E-state index in [0.717, 1.165) is 31.2 Å². The molecule has 1 fully saturated rings. The molecule has 3 N–H and O–H groups in total. The molecule has 1 aromatic carbocycles. The van der Waals surface area contributed by atoms with Crippen LogP contribution in [0.3, 0.4) is 0 Å². The summed E-state index contributed by atoms with van der Waals surface area (Å²) in [6.07, 6.45) is 3.70. The lowest BCUT2D eigenvalue weighted by Gasteiger charge is -2.36. The maximum atomic E-state index is 12.5. The fourth-order valence-electron chi connectivity index (χ4n) is 3.04. The second-order valence-corrected chi connectivity index (χ2v) is 6.48. The van der Waals surface area contributed by atoms with Gasteiger partial charge >= 0.3 is 0 Å². The highest BCUT2D eigenvalue weighted by Crippen LogP contribution is 2.31. The minimum absolute atomic E-state index is 0.0588. The molecule has 3 nitrogen and oxygen atoms in total. The fraction of sp³-hybridized carbons (Fsp3) is 0.562. The fourth-order valence-corrected chi connectivity index (χ4v) is 3.34. The molecule has 2 unspecified atom stereocenters. The van der Waals surface area contributed by atoms with E-state index in [0.29, 0.717) is 10.9 Å². The monoisotopic (exact) mass is 294 g/mol. The van der Waals surface area contributed by atoms with Gasteiger partial charge in [-0.25, -0.2) is 0 Å². The number of carbonyl (C=O) groups is 1. The molecule has 0 saturated heterocycles. The number of amides is 1. The molecule has 20 heavy (non-hydrogen) atoms. The van der Waals surface area contributed by atoms with Gasteiger partial charge in [-0.3, -0.25) is 4.79 Å². The Hall–Kier alpha value is -1.06. The van der Waals surface area contributed by atoms with Crippen LogP contribution < -0.4 is 11.1 Å². The van der Waals surface area contributed by atoms with Crippen molar-refractivity contribution in [1.29, 1.82) is 0 Å². The molecule has 0 spiro atoms. The van der Waals surface area contributed by atoms with Crippen LogP contribution in [0.25, 0.3) is 0 Å². The first-order chi connectivity index (χ1) is 9.42. The number of carbonyl (C=O) groups excluding carboxylic acids is 1. The van der Waals surface area contributed by atoms with E-state index in [1.54, 1.807) is 0 Å². The zero-order valence-electron chi connectivity index (χ0n) is 12.2. The number of benzene rings is 1. The van der Waals surface area contributed by atoms with Crippen LogP contribution >= 0.6 is 11.6 Å². The van der Waals surface area contributed by atoms with Crippen molar-refractivity contribution in [3.63, 3.8) is 0 Å². The summed E-state index contributed by atoms with van der Waals surface area (Å²) >= 11 is 6.16. The SMILES string of the molecule is CC1CCCC(N)(C(=O)N[C@H](C)c2ccccc2Cl)C1. The van der Waals surface area contributed by atoms with E-state index in [1.807, 2.05) is 31.2 Å². The molecule has 110 valence electrons. The Morgan fingerprint density at radius 1 is 1.50 bits per heavy atom. The van der Waals surface area contributed by atoms with Crippen LogP contribution in [0.4, 0.5) is 0 Å². The van der Waals surface area contributed by atoms with Crippen molar-refractivity contribution in [3.05, 3.63) is 34.9 Å². The van der Waals surface area contributed by atoms with Crippen LogP contribution in [0.1, 0.15) is 51.1 Å². The number of nitrogens with two attached hydrogens (primary N) is 1. The molecule has 0 aromatic heterocycles. The Bertz CT molecular complexity index is 491. The summed E-state index contributed by atoms with van der Waals surface area (Å²) in [5, 5.41) is 3.69. The summed E-state index contributed by atoms with van der Waals surface area (Å²) in [5.41, 5.74) is 6.51. The predicted octanol–water partition coefficient (Wildman–Crippen LogP) is 3.42. The highest BCUT2D eigenvalue weighted by molar-refractivity contribution is 6.31. The van der Waals surface area contributed by atoms with Gasteiger partial charge in [0.05, 0.1) is 11.6 Å². The van der Waals surface area contributed by atoms with Crippen molar-refractivity contribution in [3.8, 4) is 0 Å². The molecule has 1 aliphatic rings. The Labute approximate surface area is 125 Å². The van der Waals surface area contributed by atoms with E-state index < -0.39 is 5.54 Å². The van der Waals surface area contributed by atoms with E-state index in [9.17, 15) is 4.79 Å². The van der Waals surface area contributed by atoms with E-state index in [-0.39, 0.29) is 11.9 Å². The third-order valence-corrected chi connectivity index (χ3v) is 4.55. The Morgan fingerprint density at radius 3 is 2.85 bits per heavy atom. The average molecular weight is 295 g/mol. The molecule has 0 bridgehead atoms. The van der Waals surface area contributed by atoms with E-state index >= 15 is 0 Å². The Kier molecular flexibility index (Phi) is 4.71. The summed E-state index contributed by atoms with van der Waals surface area (Å²) in [7, 11) is 0. The second kappa shape index (κ2) is 6.15. The largest absolute Gasteiger partial charge is 0.348 e. The zero-order valence-corrected chi connectivity index (χ0v) is 12.9. The van der Waals surface area contributed by atoms with Gasteiger partial charge in [0.15, 0.2) is 0 Å². The highest BCUT2D eigenvalue weighted by atomic mass is 35.5. The lowest BCUT2D eigenvalue weighted by atomic mass is 9.76. The zero-order chi connectivity index (χ0) is 14.8. The predicted molar refractivity (Wildman–Crippen MR) is 82.6 cm³/mol. The summed E-state index contributed by atoms with van der Waals surface area (Å²) in [6, 6.07) is 7.44. The van der Waals surface area contributed by atoms with Crippen LogP contribution in [-0.4, -0.2) is 11.4 Å². The Morgan fingerprint density at radius 2 is 2.20 bits per heavy atom. The molecule has 0 heterocycles. The minimum atomic E-state index is -0.729. The average Bonchev–Trinajstić information content (AvgIpc) is 2.38. The standard InChI is InChI=1S/C16H23ClN2O/c1-11-6-5-9-16(18,10-11)15(20)19-12(2)13-7-3-4-8-14(13)17/h3-4,7-8,11-12H,5-6,9-10,18H2,1-2H3,(H,19,20)/t11?,12-,16?/m1/s1. The molecule has 0 radical (unpaired) electrons. The van der Waals surface area contributed by atoms with Gasteiger partial charge in [-0.15, -0.1) is 0 Å². The maximum absolute atomic E-state index is 12.5.